The summed E-state index contributed by atoms with van der Waals surface area (Å²) in [6.07, 6.45) is 1.53. The van der Waals surface area contributed by atoms with Gasteiger partial charge in [0.2, 0.25) is 0 Å². The van der Waals surface area contributed by atoms with Gasteiger partial charge in [-0.15, -0.1) is 0 Å². The van der Waals surface area contributed by atoms with Crippen molar-refractivity contribution in [2.45, 2.75) is 32.7 Å². The zero-order valence-electron chi connectivity index (χ0n) is 15.5. The predicted molar refractivity (Wildman–Crippen MR) is 102 cm³/mol. The Morgan fingerprint density at radius 3 is 2.72 bits per heavy atom. The molecule has 1 aromatic carbocycles. The van der Waals surface area contributed by atoms with Gasteiger partial charge in [0.05, 0.1) is 0 Å². The maximum atomic E-state index is 11.7. The zero-order valence-corrected chi connectivity index (χ0v) is 15.5. The minimum Gasteiger partial charge on any atom is -0.396 e. The average molecular weight is 348 g/mol. The van der Waals surface area contributed by atoms with Crippen LogP contribution in [0.1, 0.15) is 25.3 Å². The van der Waals surface area contributed by atoms with Crippen LogP contribution in [0, 0.1) is 6.92 Å². The van der Waals surface area contributed by atoms with Crippen LogP contribution in [0.15, 0.2) is 24.3 Å². The molecule has 140 valence electrons. The number of anilines is 1. The molecule has 1 aliphatic heterocycles. The number of piperazine rings is 1. The van der Waals surface area contributed by atoms with Gasteiger partial charge in [-0.1, -0.05) is 12.1 Å². The highest BCUT2D eigenvalue weighted by molar-refractivity contribution is 5.74. The second-order valence-corrected chi connectivity index (χ2v) is 6.83. The molecular formula is C19H32N4O2. The lowest BCUT2D eigenvalue weighted by Gasteiger charge is -2.36. The van der Waals surface area contributed by atoms with Crippen LogP contribution in [-0.2, 0) is 0 Å². The van der Waals surface area contributed by atoms with Crippen LogP contribution < -0.4 is 15.5 Å². The fourth-order valence-electron chi connectivity index (χ4n) is 3.10. The summed E-state index contributed by atoms with van der Waals surface area (Å²) in [5.41, 5.74) is 2.62. The normalized spacial score (nSPS) is 16.5. The molecule has 1 heterocycles. The van der Waals surface area contributed by atoms with Gasteiger partial charge in [0.15, 0.2) is 0 Å². The van der Waals surface area contributed by atoms with Crippen molar-refractivity contribution in [1.29, 1.82) is 0 Å². The predicted octanol–water partition coefficient (Wildman–Crippen LogP) is 1.58. The lowest BCUT2D eigenvalue weighted by molar-refractivity contribution is 0.228. The molecule has 0 aromatic heterocycles. The molecule has 1 aliphatic rings. The molecule has 6 nitrogen and oxygen atoms in total. The third-order valence-electron chi connectivity index (χ3n) is 4.62. The minimum absolute atomic E-state index is 0.000277. The van der Waals surface area contributed by atoms with Gasteiger partial charge in [-0.25, -0.2) is 4.79 Å². The highest BCUT2D eigenvalue weighted by atomic mass is 16.3. The van der Waals surface area contributed by atoms with Crippen molar-refractivity contribution in [3.8, 4) is 0 Å². The summed E-state index contributed by atoms with van der Waals surface area (Å²) in [5.74, 6) is 0. The second-order valence-electron chi connectivity index (χ2n) is 6.83. The average Bonchev–Trinajstić information content (AvgIpc) is 2.59. The number of amides is 2. The van der Waals surface area contributed by atoms with Crippen LogP contribution in [0.5, 0.6) is 0 Å². The number of carbonyl (C=O) groups is 1. The number of urea groups is 1. The molecule has 2 rings (SSSR count). The van der Waals surface area contributed by atoms with E-state index in [-0.39, 0.29) is 18.7 Å². The number of nitrogens with zero attached hydrogens (tertiary/aromatic N) is 2. The van der Waals surface area contributed by atoms with E-state index in [9.17, 15) is 4.79 Å². The number of hydrogen-bond donors (Lipinski definition) is 3. The number of aliphatic hydroxyl groups is 1. The van der Waals surface area contributed by atoms with Gasteiger partial charge in [-0.2, -0.15) is 0 Å². The molecule has 0 spiro atoms. The van der Waals surface area contributed by atoms with E-state index < -0.39 is 0 Å². The molecule has 0 bridgehead atoms. The van der Waals surface area contributed by atoms with Crippen molar-refractivity contribution >= 4 is 11.7 Å². The SMILES string of the molecule is Cc1cccc(N2CCN(CCCNC(=O)N[C@H](C)CCO)CC2)c1. The van der Waals surface area contributed by atoms with Gasteiger partial charge in [-0.05, 0) is 50.9 Å². The molecule has 0 radical (unpaired) electrons. The van der Waals surface area contributed by atoms with Crippen LogP contribution in [0.4, 0.5) is 10.5 Å². The zero-order chi connectivity index (χ0) is 18.1. The first-order chi connectivity index (χ1) is 12.1. The van der Waals surface area contributed by atoms with E-state index in [4.69, 9.17) is 5.11 Å². The van der Waals surface area contributed by atoms with Crippen LogP contribution in [-0.4, -0.2) is 68.0 Å². The minimum atomic E-state index is -0.148. The Morgan fingerprint density at radius 2 is 2.04 bits per heavy atom. The maximum absolute atomic E-state index is 11.7. The molecule has 6 heteroatoms. The molecule has 1 atom stereocenters. The van der Waals surface area contributed by atoms with Crippen LogP contribution in [0.25, 0.3) is 0 Å². The molecule has 0 unspecified atom stereocenters. The van der Waals surface area contributed by atoms with Gasteiger partial charge in [0.25, 0.3) is 0 Å². The van der Waals surface area contributed by atoms with E-state index in [1.807, 2.05) is 6.92 Å². The number of rotatable bonds is 8. The number of carbonyl (C=O) groups excluding carboxylic acids is 1. The number of aryl methyl sites for hydroxylation is 1. The number of nitrogens with one attached hydrogen (secondary N) is 2. The van der Waals surface area contributed by atoms with Gasteiger partial charge >= 0.3 is 6.03 Å². The fourth-order valence-corrected chi connectivity index (χ4v) is 3.10. The Labute approximate surface area is 151 Å². The molecule has 25 heavy (non-hydrogen) atoms. The number of aliphatic hydroxyl groups excluding tert-OH is 1. The topological polar surface area (TPSA) is 67.8 Å². The second kappa shape index (κ2) is 10.3. The van der Waals surface area contributed by atoms with Crippen molar-refractivity contribution in [1.82, 2.24) is 15.5 Å². The summed E-state index contributed by atoms with van der Waals surface area (Å²) >= 11 is 0. The van der Waals surface area contributed by atoms with Crippen molar-refractivity contribution in [2.75, 3.05) is 50.8 Å². The fraction of sp³-hybridized carbons (Fsp3) is 0.632. The Balaban J connectivity index is 1.59. The Kier molecular flexibility index (Phi) is 8.01. The molecule has 1 aromatic rings. The number of hydrogen-bond acceptors (Lipinski definition) is 4. The van der Waals surface area contributed by atoms with Gasteiger partial charge in [0, 0.05) is 51.1 Å². The van der Waals surface area contributed by atoms with E-state index in [2.05, 4.69) is 51.6 Å². The first kappa shape index (κ1) is 19.5. The van der Waals surface area contributed by atoms with E-state index in [1.165, 1.54) is 11.3 Å². The van der Waals surface area contributed by atoms with Gasteiger partial charge in [0.1, 0.15) is 0 Å². The molecular weight excluding hydrogens is 316 g/mol. The summed E-state index contributed by atoms with van der Waals surface area (Å²) in [5, 5.41) is 14.5. The highest BCUT2D eigenvalue weighted by Crippen LogP contribution is 2.17. The lowest BCUT2D eigenvalue weighted by atomic mass is 10.2. The van der Waals surface area contributed by atoms with Crippen LogP contribution in [0.3, 0.4) is 0 Å². The summed E-state index contributed by atoms with van der Waals surface area (Å²) in [6.45, 7) is 10.0. The van der Waals surface area contributed by atoms with Crippen molar-refractivity contribution in [2.24, 2.45) is 0 Å². The van der Waals surface area contributed by atoms with Gasteiger partial charge < -0.3 is 20.6 Å². The summed E-state index contributed by atoms with van der Waals surface area (Å²) in [4.78, 5) is 16.6. The first-order valence-electron chi connectivity index (χ1n) is 9.27. The molecule has 2 amide bonds. The van der Waals surface area contributed by atoms with Gasteiger partial charge in [-0.3, -0.25) is 4.90 Å². The third kappa shape index (κ3) is 6.92. The van der Waals surface area contributed by atoms with Crippen molar-refractivity contribution in [3.63, 3.8) is 0 Å². The molecule has 0 saturated carbocycles. The maximum Gasteiger partial charge on any atom is 0.314 e. The van der Waals surface area contributed by atoms with E-state index in [0.717, 1.165) is 39.1 Å². The van der Waals surface area contributed by atoms with Crippen LogP contribution >= 0.6 is 0 Å². The van der Waals surface area contributed by atoms with Crippen LogP contribution in [0.2, 0.25) is 0 Å². The van der Waals surface area contributed by atoms with E-state index in [0.29, 0.717) is 13.0 Å². The Bertz CT molecular complexity index is 530. The Hall–Kier alpha value is -1.79. The largest absolute Gasteiger partial charge is 0.396 e. The Morgan fingerprint density at radius 1 is 1.28 bits per heavy atom. The molecule has 1 fully saturated rings. The quantitative estimate of drug-likeness (QED) is 0.624. The summed E-state index contributed by atoms with van der Waals surface area (Å²) in [7, 11) is 0. The summed E-state index contributed by atoms with van der Waals surface area (Å²) in [6, 6.07) is 8.53. The lowest BCUT2D eigenvalue weighted by Crippen LogP contribution is -2.47. The summed E-state index contributed by atoms with van der Waals surface area (Å²) < 4.78 is 0. The van der Waals surface area contributed by atoms with E-state index >= 15 is 0 Å². The standard InChI is InChI=1S/C19H32N4O2/c1-16-5-3-6-18(15-16)23-12-10-22(11-13-23)9-4-8-20-19(25)21-17(2)7-14-24/h3,5-6,15,17,24H,4,7-14H2,1-2H3,(H2,20,21,25)/t17-/m1/s1. The first-order valence-corrected chi connectivity index (χ1v) is 9.27. The van der Waals surface area contributed by atoms with E-state index in [1.54, 1.807) is 0 Å². The molecule has 1 saturated heterocycles. The smallest absolute Gasteiger partial charge is 0.314 e. The van der Waals surface area contributed by atoms with Crippen molar-refractivity contribution in [3.05, 3.63) is 29.8 Å². The number of benzene rings is 1. The third-order valence-corrected chi connectivity index (χ3v) is 4.62. The molecule has 3 N–H and O–H groups in total. The highest BCUT2D eigenvalue weighted by Gasteiger charge is 2.16. The molecule has 0 aliphatic carbocycles. The van der Waals surface area contributed by atoms with Crippen molar-refractivity contribution < 1.29 is 9.90 Å². The monoisotopic (exact) mass is 348 g/mol.